The topological polar surface area (TPSA) is 52.6 Å². The fourth-order valence-corrected chi connectivity index (χ4v) is 4.15. The van der Waals surface area contributed by atoms with Gasteiger partial charge in [0.05, 0.1) is 9.79 Å². The van der Waals surface area contributed by atoms with Crippen LogP contribution in [0.15, 0.2) is 96.8 Å². The second kappa shape index (κ2) is 10.5. The molecule has 0 aliphatic rings. The zero-order valence-electron chi connectivity index (χ0n) is 16.5. The number of sulfone groups is 1. The van der Waals surface area contributed by atoms with Crippen molar-refractivity contribution in [1.82, 2.24) is 0 Å². The van der Waals surface area contributed by atoms with E-state index in [1.165, 1.54) is 0 Å². The zero-order valence-corrected chi connectivity index (χ0v) is 17.3. The Bertz CT molecular complexity index is 928. The molecule has 0 saturated heterocycles. The molecule has 0 bridgehead atoms. The molecule has 0 amide bonds. The minimum Gasteiger partial charge on any atom is -0.489 e. The number of hydrogen-bond donors (Lipinski definition) is 0. The third-order valence-electron chi connectivity index (χ3n) is 4.13. The summed E-state index contributed by atoms with van der Waals surface area (Å²) in [6, 6.07) is 9.70. The van der Waals surface area contributed by atoms with Crippen LogP contribution in [0.4, 0.5) is 0 Å². The van der Waals surface area contributed by atoms with Gasteiger partial charge in [0.25, 0.3) is 0 Å². The summed E-state index contributed by atoms with van der Waals surface area (Å²) in [5.41, 5.74) is 1.50. The molecule has 0 spiro atoms. The lowest BCUT2D eigenvalue weighted by Crippen LogP contribution is -2.06. The first kappa shape index (κ1) is 22.2. The van der Waals surface area contributed by atoms with Crippen LogP contribution in [0.25, 0.3) is 0 Å². The smallest absolute Gasteiger partial charge is 0.206 e. The highest BCUT2D eigenvalue weighted by Gasteiger charge is 2.21. The number of benzene rings is 2. The van der Waals surface area contributed by atoms with Gasteiger partial charge in [-0.3, -0.25) is 0 Å². The lowest BCUT2D eigenvalue weighted by molar-refractivity contribution is 0.359. The Kier molecular flexibility index (Phi) is 8.04. The average Bonchev–Trinajstić information content (AvgIpc) is 2.72. The largest absolute Gasteiger partial charge is 0.489 e. The molecule has 4 nitrogen and oxygen atoms in total. The van der Waals surface area contributed by atoms with Gasteiger partial charge in [0, 0.05) is 0 Å². The van der Waals surface area contributed by atoms with Crippen LogP contribution in [0.3, 0.4) is 0 Å². The van der Waals surface area contributed by atoms with Crippen LogP contribution in [-0.2, 0) is 22.7 Å². The van der Waals surface area contributed by atoms with Crippen LogP contribution in [0.2, 0.25) is 0 Å². The summed E-state index contributed by atoms with van der Waals surface area (Å²) >= 11 is 0. The van der Waals surface area contributed by atoms with Gasteiger partial charge in [0.15, 0.2) is 0 Å². The van der Waals surface area contributed by atoms with Crippen LogP contribution in [0.5, 0.6) is 11.5 Å². The molecule has 29 heavy (non-hydrogen) atoms. The maximum absolute atomic E-state index is 13.2. The standard InChI is InChI=1S/C24H26O4S/c1-5-9-19-17-21(11-13-23(19)27-15-7-3)29(25,26)22-12-14-24(28-16-8-4)20(18-22)10-6-2/h5-8,11-14,17-18H,1-4,9-10,15-16H2. The van der Waals surface area contributed by atoms with Gasteiger partial charge in [-0.2, -0.15) is 0 Å². The molecular formula is C24H26O4S. The molecule has 0 atom stereocenters. The lowest BCUT2D eigenvalue weighted by Gasteiger charge is -2.14. The summed E-state index contributed by atoms with van der Waals surface area (Å²) in [7, 11) is -3.72. The number of hydrogen-bond acceptors (Lipinski definition) is 4. The predicted molar refractivity (Wildman–Crippen MR) is 118 cm³/mol. The van der Waals surface area contributed by atoms with E-state index in [-0.39, 0.29) is 9.79 Å². The number of allylic oxidation sites excluding steroid dienone is 2. The van der Waals surface area contributed by atoms with Crippen LogP contribution < -0.4 is 9.47 Å². The summed E-state index contributed by atoms with van der Waals surface area (Å²) < 4.78 is 37.7. The highest BCUT2D eigenvalue weighted by atomic mass is 32.2. The SMILES string of the molecule is C=CCOc1ccc(S(=O)(=O)c2ccc(OCC=C)c(CC=C)c2)cc1CC=C. The van der Waals surface area contributed by atoms with E-state index in [1.54, 1.807) is 60.7 Å². The van der Waals surface area contributed by atoms with E-state index in [0.29, 0.717) is 37.6 Å². The molecule has 152 valence electrons. The first-order chi connectivity index (χ1) is 14.0. The zero-order chi connectivity index (χ0) is 21.3. The van der Waals surface area contributed by atoms with Crippen LogP contribution in [0.1, 0.15) is 11.1 Å². The summed E-state index contributed by atoms with van der Waals surface area (Å²) in [4.78, 5) is 0.397. The quantitative estimate of drug-likeness (QED) is 0.457. The van der Waals surface area contributed by atoms with Gasteiger partial charge >= 0.3 is 0 Å². The normalized spacial score (nSPS) is 10.8. The van der Waals surface area contributed by atoms with Crippen molar-refractivity contribution in [3.63, 3.8) is 0 Å². The molecule has 0 aromatic heterocycles. The molecule has 0 aliphatic heterocycles. The Morgan fingerprint density at radius 2 is 1.10 bits per heavy atom. The molecule has 0 fully saturated rings. The van der Waals surface area contributed by atoms with Crippen LogP contribution >= 0.6 is 0 Å². The van der Waals surface area contributed by atoms with E-state index < -0.39 is 9.84 Å². The second-order valence-electron chi connectivity index (χ2n) is 6.23. The van der Waals surface area contributed by atoms with Gasteiger partial charge in [-0.25, -0.2) is 8.42 Å². The minimum absolute atomic E-state index is 0.199. The molecular weight excluding hydrogens is 384 g/mol. The monoisotopic (exact) mass is 410 g/mol. The Hall–Kier alpha value is -3.05. The van der Waals surface area contributed by atoms with E-state index in [9.17, 15) is 8.42 Å². The van der Waals surface area contributed by atoms with Gasteiger partial charge in [0.2, 0.25) is 9.84 Å². The van der Waals surface area contributed by atoms with Crippen molar-refractivity contribution in [2.45, 2.75) is 22.6 Å². The molecule has 5 heteroatoms. The maximum atomic E-state index is 13.2. The van der Waals surface area contributed by atoms with E-state index in [0.717, 1.165) is 11.1 Å². The fraction of sp³-hybridized carbons (Fsp3) is 0.167. The molecule has 0 heterocycles. The summed E-state index contributed by atoms with van der Waals surface area (Å²) in [5, 5.41) is 0. The molecule has 0 saturated carbocycles. The van der Waals surface area contributed by atoms with Gasteiger partial charge in [-0.15, -0.1) is 13.2 Å². The van der Waals surface area contributed by atoms with Crippen molar-refractivity contribution < 1.29 is 17.9 Å². The Labute approximate surface area is 173 Å². The van der Waals surface area contributed by atoms with Gasteiger partial charge in [-0.1, -0.05) is 37.5 Å². The summed E-state index contributed by atoms with van der Waals surface area (Å²) in [5.74, 6) is 1.23. The molecule has 0 radical (unpaired) electrons. The molecule has 2 aromatic rings. The highest BCUT2D eigenvalue weighted by molar-refractivity contribution is 7.91. The van der Waals surface area contributed by atoms with Crippen molar-refractivity contribution >= 4 is 9.84 Å². The first-order valence-electron chi connectivity index (χ1n) is 9.18. The number of ether oxygens (including phenoxy) is 2. The summed E-state index contributed by atoms with van der Waals surface area (Å²) in [6.07, 6.45) is 7.68. The molecule has 0 unspecified atom stereocenters. The maximum Gasteiger partial charge on any atom is 0.206 e. The van der Waals surface area contributed by atoms with E-state index in [1.807, 2.05) is 0 Å². The molecule has 2 aromatic carbocycles. The average molecular weight is 411 g/mol. The molecule has 0 N–H and O–H groups in total. The van der Waals surface area contributed by atoms with Crippen molar-refractivity contribution in [3.8, 4) is 11.5 Å². The van der Waals surface area contributed by atoms with E-state index in [4.69, 9.17) is 9.47 Å². The van der Waals surface area contributed by atoms with Crippen molar-refractivity contribution in [3.05, 3.63) is 98.1 Å². The molecule has 2 rings (SSSR count). The van der Waals surface area contributed by atoms with Crippen molar-refractivity contribution in [1.29, 1.82) is 0 Å². The van der Waals surface area contributed by atoms with Gasteiger partial charge < -0.3 is 9.47 Å². The Morgan fingerprint density at radius 3 is 1.45 bits per heavy atom. The third-order valence-corrected chi connectivity index (χ3v) is 5.88. The van der Waals surface area contributed by atoms with Gasteiger partial charge in [0.1, 0.15) is 24.7 Å². The Balaban J connectivity index is 2.48. The summed E-state index contributed by atoms with van der Waals surface area (Å²) in [6.45, 7) is 15.4. The van der Waals surface area contributed by atoms with Crippen LogP contribution in [-0.4, -0.2) is 21.6 Å². The lowest BCUT2D eigenvalue weighted by atomic mass is 10.1. The first-order valence-corrected chi connectivity index (χ1v) is 10.7. The third kappa shape index (κ3) is 5.48. The predicted octanol–water partition coefficient (Wildman–Crippen LogP) is 5.11. The van der Waals surface area contributed by atoms with E-state index >= 15 is 0 Å². The Morgan fingerprint density at radius 1 is 0.690 bits per heavy atom. The fourth-order valence-electron chi connectivity index (χ4n) is 2.79. The van der Waals surface area contributed by atoms with Crippen LogP contribution in [0, 0.1) is 0 Å². The van der Waals surface area contributed by atoms with Gasteiger partial charge in [-0.05, 0) is 60.4 Å². The van der Waals surface area contributed by atoms with Crippen molar-refractivity contribution in [2.24, 2.45) is 0 Å². The number of rotatable bonds is 12. The minimum atomic E-state index is -3.72. The van der Waals surface area contributed by atoms with Crippen molar-refractivity contribution in [2.75, 3.05) is 13.2 Å². The molecule has 0 aliphatic carbocycles. The second-order valence-corrected chi connectivity index (χ2v) is 8.18. The van der Waals surface area contributed by atoms with E-state index in [2.05, 4.69) is 26.3 Å². The highest BCUT2D eigenvalue weighted by Crippen LogP contribution is 2.30.